The summed E-state index contributed by atoms with van der Waals surface area (Å²) in [6.07, 6.45) is -0.0964. The van der Waals surface area contributed by atoms with Crippen LogP contribution in [-0.4, -0.2) is 40.3 Å². The Kier molecular flexibility index (Phi) is 7.01. The number of hydrogen-bond donors (Lipinski definition) is 2. The maximum Gasteiger partial charge on any atom is 0.280 e. The number of nitrogens with zero attached hydrogens (tertiary/aromatic N) is 4. The molecule has 10 heteroatoms. The molecule has 1 aliphatic rings. The summed E-state index contributed by atoms with van der Waals surface area (Å²) in [5, 5.41) is 15.1. The van der Waals surface area contributed by atoms with E-state index < -0.39 is 22.5 Å². The molecular formula is C27H29F2N5O2S. The van der Waals surface area contributed by atoms with Gasteiger partial charge in [0.05, 0.1) is 35.2 Å². The largest absolute Gasteiger partial charge is 0.598 e. The molecule has 0 amide bonds. The highest BCUT2D eigenvalue weighted by molar-refractivity contribution is 7.90. The molecular weight excluding hydrogens is 496 g/mol. The van der Waals surface area contributed by atoms with Crippen LogP contribution in [-0.2, 0) is 11.4 Å². The highest BCUT2D eigenvalue weighted by atomic mass is 32.2. The number of halogens is 2. The van der Waals surface area contributed by atoms with Crippen molar-refractivity contribution < 1.29 is 18.4 Å². The molecule has 3 aromatic heterocycles. The zero-order valence-corrected chi connectivity index (χ0v) is 21.6. The van der Waals surface area contributed by atoms with Crippen molar-refractivity contribution in [2.24, 2.45) is 5.92 Å². The highest BCUT2D eigenvalue weighted by Gasteiger charge is 2.40. The number of pyridine rings is 2. The number of fused-ring (bicyclic) bond motifs is 1. The molecule has 3 heterocycles. The van der Waals surface area contributed by atoms with Gasteiger partial charge >= 0.3 is 0 Å². The lowest BCUT2D eigenvalue weighted by Gasteiger charge is -2.38. The highest BCUT2D eigenvalue weighted by Crippen LogP contribution is 2.39. The van der Waals surface area contributed by atoms with Crippen LogP contribution in [0.5, 0.6) is 0 Å². The minimum absolute atomic E-state index is 0.126. The van der Waals surface area contributed by atoms with Crippen LogP contribution in [0.4, 0.5) is 8.78 Å². The molecule has 1 aromatic carbocycles. The monoisotopic (exact) mass is 525 g/mol. The van der Waals surface area contributed by atoms with Gasteiger partial charge in [0.2, 0.25) is 0 Å². The lowest BCUT2D eigenvalue weighted by molar-refractivity contribution is 0.0273. The lowest BCUT2D eigenvalue weighted by Crippen LogP contribution is -2.46. The maximum atomic E-state index is 13.2. The Bertz CT molecular complexity index is 1400. The molecule has 2 N–H and O–H groups in total. The van der Waals surface area contributed by atoms with Gasteiger partial charge in [0.25, 0.3) is 6.43 Å². The van der Waals surface area contributed by atoms with Crippen molar-refractivity contribution in [3.8, 4) is 17.1 Å². The van der Waals surface area contributed by atoms with E-state index in [0.717, 1.165) is 22.3 Å². The van der Waals surface area contributed by atoms with E-state index in [-0.39, 0.29) is 23.8 Å². The minimum atomic E-state index is -2.67. The lowest BCUT2D eigenvalue weighted by atomic mass is 9.76. The van der Waals surface area contributed by atoms with Crippen LogP contribution in [0.15, 0.2) is 60.8 Å². The summed E-state index contributed by atoms with van der Waals surface area (Å²) in [6, 6.07) is 15.7. The van der Waals surface area contributed by atoms with Crippen molar-refractivity contribution >= 4 is 22.3 Å². The van der Waals surface area contributed by atoms with E-state index in [9.17, 15) is 18.4 Å². The second kappa shape index (κ2) is 10.1. The quantitative estimate of drug-likeness (QED) is 0.319. The molecule has 0 saturated heterocycles. The fourth-order valence-corrected chi connectivity index (χ4v) is 5.31. The average molecular weight is 526 g/mol. The fourth-order valence-electron chi connectivity index (χ4n) is 4.42. The summed E-state index contributed by atoms with van der Waals surface area (Å²) in [7, 11) is 0. The number of alkyl halides is 2. The first-order valence-corrected chi connectivity index (χ1v) is 13.3. The molecule has 7 nitrogen and oxygen atoms in total. The predicted molar refractivity (Wildman–Crippen MR) is 140 cm³/mol. The van der Waals surface area contributed by atoms with E-state index in [1.165, 1.54) is 12.1 Å². The number of hydrogen-bond acceptors (Lipinski definition) is 6. The molecule has 37 heavy (non-hydrogen) atoms. The molecule has 0 radical (unpaired) electrons. The molecule has 2 atom stereocenters. The Morgan fingerprint density at radius 3 is 2.49 bits per heavy atom. The van der Waals surface area contributed by atoms with Gasteiger partial charge in [-0.15, -0.1) is 4.72 Å². The van der Waals surface area contributed by atoms with E-state index in [4.69, 9.17) is 4.98 Å². The summed E-state index contributed by atoms with van der Waals surface area (Å²) in [6.45, 7) is 5.74. The van der Waals surface area contributed by atoms with Crippen LogP contribution in [0, 0.1) is 5.92 Å². The third-order valence-corrected chi connectivity index (χ3v) is 8.14. The van der Waals surface area contributed by atoms with Gasteiger partial charge in [0.15, 0.2) is 5.82 Å². The van der Waals surface area contributed by atoms with E-state index in [1.54, 1.807) is 16.9 Å². The first-order chi connectivity index (χ1) is 17.6. The van der Waals surface area contributed by atoms with Gasteiger partial charge in [-0.1, -0.05) is 24.3 Å². The van der Waals surface area contributed by atoms with Crippen molar-refractivity contribution in [3.05, 3.63) is 72.2 Å². The zero-order chi connectivity index (χ0) is 26.3. The van der Waals surface area contributed by atoms with Crippen molar-refractivity contribution in [1.82, 2.24) is 24.5 Å². The van der Waals surface area contributed by atoms with Crippen LogP contribution in [0.1, 0.15) is 57.5 Å². The smallest absolute Gasteiger partial charge is 0.280 e. The number of aliphatic hydroxyl groups excluding tert-OH is 1. The van der Waals surface area contributed by atoms with E-state index in [0.29, 0.717) is 24.2 Å². The zero-order valence-electron chi connectivity index (χ0n) is 20.8. The second-order valence-electron chi connectivity index (χ2n) is 10.4. The minimum Gasteiger partial charge on any atom is -0.598 e. The van der Waals surface area contributed by atoms with Crippen LogP contribution in [0.25, 0.3) is 28.0 Å². The van der Waals surface area contributed by atoms with Crippen molar-refractivity contribution in [1.29, 1.82) is 0 Å². The second-order valence-corrected chi connectivity index (χ2v) is 12.4. The summed E-state index contributed by atoms with van der Waals surface area (Å²) in [5.41, 5.74) is 2.71. The fraction of sp³-hybridized carbons (Fsp3) is 0.370. The molecule has 1 aliphatic carbocycles. The molecule has 0 spiro atoms. The SMILES string of the molecule is CC(C)(C)[S+]([O-])NC(c1cccc(-c2ccc3cnn(-c4cccc(C(F)F)n4)c3c2)n1)C1CC(O)C1. The van der Waals surface area contributed by atoms with Crippen molar-refractivity contribution in [2.75, 3.05) is 0 Å². The topological polar surface area (TPSA) is 98.9 Å². The van der Waals surface area contributed by atoms with Gasteiger partial charge in [0.1, 0.15) is 10.4 Å². The van der Waals surface area contributed by atoms with Crippen molar-refractivity contribution in [2.45, 2.75) is 56.9 Å². The van der Waals surface area contributed by atoms with Gasteiger partial charge < -0.3 is 9.66 Å². The van der Waals surface area contributed by atoms with Crippen LogP contribution < -0.4 is 4.72 Å². The Morgan fingerprint density at radius 1 is 1.05 bits per heavy atom. The van der Waals surface area contributed by atoms with Gasteiger partial charge in [-0.2, -0.15) is 5.10 Å². The predicted octanol–water partition coefficient (Wildman–Crippen LogP) is 5.28. The van der Waals surface area contributed by atoms with E-state index >= 15 is 0 Å². The van der Waals surface area contributed by atoms with Crippen molar-refractivity contribution in [3.63, 3.8) is 0 Å². The first-order valence-electron chi connectivity index (χ1n) is 12.2. The Hall–Kier alpha value is -2.92. The third kappa shape index (κ3) is 5.38. The molecule has 194 valence electrons. The molecule has 1 fully saturated rings. The van der Waals surface area contributed by atoms with Gasteiger partial charge in [0, 0.05) is 22.3 Å². The molecule has 0 aliphatic heterocycles. The number of nitrogens with one attached hydrogen (secondary N) is 1. The van der Waals surface area contributed by atoms with E-state index in [1.807, 2.05) is 57.2 Å². The molecule has 0 bridgehead atoms. The third-order valence-electron chi connectivity index (χ3n) is 6.56. The molecule has 2 unspecified atom stereocenters. The molecule has 5 rings (SSSR count). The number of benzene rings is 1. The average Bonchev–Trinajstić information content (AvgIpc) is 3.28. The normalized spacial score (nSPS) is 19.7. The molecule has 4 aromatic rings. The Balaban J connectivity index is 1.50. The first kappa shape index (κ1) is 25.7. The van der Waals surface area contributed by atoms with Gasteiger partial charge in [-0.3, -0.25) is 4.98 Å². The number of aromatic nitrogens is 4. The van der Waals surface area contributed by atoms with Crippen LogP contribution in [0.2, 0.25) is 0 Å². The Morgan fingerprint density at radius 2 is 1.78 bits per heavy atom. The molecule has 1 saturated carbocycles. The summed E-state index contributed by atoms with van der Waals surface area (Å²) in [5.74, 6) is 0.435. The summed E-state index contributed by atoms with van der Waals surface area (Å²) >= 11 is -1.31. The maximum absolute atomic E-state index is 13.2. The van der Waals surface area contributed by atoms with Crippen LogP contribution >= 0.6 is 0 Å². The summed E-state index contributed by atoms with van der Waals surface area (Å²) < 4.78 is 43.7. The standard InChI is InChI=1S/C27H29F2N5O2S/c1-27(2,3)37(36)33-25(18-12-19(35)13-18)21-7-4-6-20(31-21)16-10-11-17-15-30-34(23(17)14-16)24-9-5-8-22(32-24)26(28)29/h4-11,14-15,18-19,25-26,33,35H,12-13H2,1-3H3. The van der Waals surface area contributed by atoms with Gasteiger partial charge in [-0.25, -0.2) is 18.4 Å². The Labute approximate surface area is 217 Å². The number of aliphatic hydroxyl groups is 1. The van der Waals surface area contributed by atoms with Crippen LogP contribution in [0.3, 0.4) is 0 Å². The van der Waals surface area contributed by atoms with E-state index in [2.05, 4.69) is 14.8 Å². The summed E-state index contributed by atoms with van der Waals surface area (Å²) in [4.78, 5) is 8.98. The number of rotatable bonds is 7. The van der Waals surface area contributed by atoms with Gasteiger partial charge in [-0.05, 0) is 69.9 Å².